The fourth-order valence-corrected chi connectivity index (χ4v) is 2.82. The van der Waals surface area contributed by atoms with Gasteiger partial charge in [0, 0.05) is 6.04 Å². The summed E-state index contributed by atoms with van der Waals surface area (Å²) >= 11 is 17.3. The van der Waals surface area contributed by atoms with Gasteiger partial charge in [-0.15, -0.1) is 0 Å². The standard InChI is InChI=1S/C13H16Cl2N2S/c14-10-7-4-8-11(12(10)15)17-13(18)16-9-5-2-1-3-6-9/h4,7-9H,1-3,5-6H2,(H2,16,17,18). The summed E-state index contributed by atoms with van der Waals surface area (Å²) in [4.78, 5) is 0. The summed E-state index contributed by atoms with van der Waals surface area (Å²) in [5.41, 5.74) is 0.748. The zero-order chi connectivity index (χ0) is 13.0. The van der Waals surface area contributed by atoms with Crippen LogP contribution >= 0.6 is 35.4 Å². The van der Waals surface area contributed by atoms with E-state index in [4.69, 9.17) is 35.4 Å². The van der Waals surface area contributed by atoms with E-state index < -0.39 is 0 Å². The summed E-state index contributed by atoms with van der Waals surface area (Å²) in [6.45, 7) is 0. The molecule has 5 heteroatoms. The third-order valence-corrected chi connectivity index (χ3v) is 4.18. The summed E-state index contributed by atoms with van der Waals surface area (Å²) in [6, 6.07) is 5.95. The van der Waals surface area contributed by atoms with Crippen LogP contribution in [0.15, 0.2) is 18.2 Å². The molecule has 1 aromatic rings. The van der Waals surface area contributed by atoms with Crippen molar-refractivity contribution in [3.05, 3.63) is 28.2 Å². The fourth-order valence-electron chi connectivity index (χ4n) is 2.19. The topological polar surface area (TPSA) is 24.1 Å². The minimum atomic E-state index is 0.483. The third kappa shape index (κ3) is 3.74. The molecule has 0 heterocycles. The van der Waals surface area contributed by atoms with Crippen molar-refractivity contribution in [3.8, 4) is 0 Å². The van der Waals surface area contributed by atoms with Gasteiger partial charge in [-0.3, -0.25) is 0 Å². The van der Waals surface area contributed by atoms with Gasteiger partial charge in [-0.25, -0.2) is 0 Å². The van der Waals surface area contributed by atoms with Gasteiger partial charge in [0.15, 0.2) is 5.11 Å². The number of hydrogen-bond acceptors (Lipinski definition) is 1. The summed E-state index contributed by atoms with van der Waals surface area (Å²) in [7, 11) is 0. The molecule has 98 valence electrons. The van der Waals surface area contributed by atoms with Gasteiger partial charge in [0.1, 0.15) is 0 Å². The Morgan fingerprint density at radius 2 is 1.89 bits per heavy atom. The van der Waals surface area contributed by atoms with Crippen LogP contribution in [0.4, 0.5) is 5.69 Å². The number of thiocarbonyl (C=S) groups is 1. The van der Waals surface area contributed by atoms with Crippen molar-refractivity contribution in [1.82, 2.24) is 5.32 Å². The van der Waals surface area contributed by atoms with Crippen LogP contribution in [-0.4, -0.2) is 11.2 Å². The van der Waals surface area contributed by atoms with E-state index in [0.717, 1.165) is 5.69 Å². The van der Waals surface area contributed by atoms with E-state index in [0.29, 0.717) is 21.2 Å². The first-order valence-electron chi connectivity index (χ1n) is 6.18. The maximum absolute atomic E-state index is 6.10. The molecule has 0 aliphatic heterocycles. The van der Waals surface area contributed by atoms with Gasteiger partial charge in [-0.1, -0.05) is 48.5 Å². The highest BCUT2D eigenvalue weighted by Crippen LogP contribution is 2.29. The number of benzene rings is 1. The molecule has 1 aromatic carbocycles. The van der Waals surface area contributed by atoms with E-state index in [-0.39, 0.29) is 0 Å². The van der Waals surface area contributed by atoms with Crippen molar-refractivity contribution in [2.45, 2.75) is 38.1 Å². The first-order chi connectivity index (χ1) is 8.66. The van der Waals surface area contributed by atoms with Crippen LogP contribution in [0, 0.1) is 0 Å². The summed E-state index contributed by atoms with van der Waals surface area (Å²) < 4.78 is 0. The molecule has 2 N–H and O–H groups in total. The van der Waals surface area contributed by atoms with E-state index in [1.54, 1.807) is 6.07 Å². The number of rotatable bonds is 2. The van der Waals surface area contributed by atoms with Crippen LogP contribution in [0.1, 0.15) is 32.1 Å². The van der Waals surface area contributed by atoms with Gasteiger partial charge >= 0.3 is 0 Å². The second-order valence-electron chi connectivity index (χ2n) is 4.53. The van der Waals surface area contributed by atoms with Crippen LogP contribution < -0.4 is 10.6 Å². The Hall–Kier alpha value is -0.510. The van der Waals surface area contributed by atoms with E-state index in [2.05, 4.69) is 10.6 Å². The van der Waals surface area contributed by atoms with Crippen molar-refractivity contribution < 1.29 is 0 Å². The Balaban J connectivity index is 1.92. The van der Waals surface area contributed by atoms with Crippen molar-refractivity contribution in [1.29, 1.82) is 0 Å². The Kier molecular flexibility index (Phi) is 5.10. The van der Waals surface area contributed by atoms with E-state index in [9.17, 15) is 0 Å². The second-order valence-corrected chi connectivity index (χ2v) is 5.73. The monoisotopic (exact) mass is 302 g/mol. The molecule has 1 saturated carbocycles. The van der Waals surface area contributed by atoms with Crippen LogP contribution in [-0.2, 0) is 0 Å². The summed E-state index contributed by atoms with van der Waals surface area (Å²) in [5, 5.41) is 8.09. The molecule has 0 aromatic heterocycles. The maximum atomic E-state index is 6.10. The molecule has 2 nitrogen and oxygen atoms in total. The Morgan fingerprint density at radius 1 is 1.17 bits per heavy atom. The Morgan fingerprint density at radius 3 is 2.61 bits per heavy atom. The quantitative estimate of drug-likeness (QED) is 0.780. The molecular weight excluding hydrogens is 287 g/mol. The molecule has 0 saturated heterocycles. The minimum Gasteiger partial charge on any atom is -0.360 e. The van der Waals surface area contributed by atoms with Gasteiger partial charge in [0.05, 0.1) is 15.7 Å². The summed E-state index contributed by atoms with van der Waals surface area (Å²) in [6.07, 6.45) is 6.26. The molecule has 2 rings (SSSR count). The highest BCUT2D eigenvalue weighted by atomic mass is 35.5. The lowest BCUT2D eigenvalue weighted by atomic mass is 9.96. The average Bonchev–Trinajstić information content (AvgIpc) is 2.36. The van der Waals surface area contributed by atoms with Crippen LogP contribution in [0.2, 0.25) is 10.0 Å². The zero-order valence-corrected chi connectivity index (χ0v) is 12.3. The predicted molar refractivity (Wildman–Crippen MR) is 82.7 cm³/mol. The molecular formula is C13H16Cl2N2S. The lowest BCUT2D eigenvalue weighted by Gasteiger charge is -2.24. The number of hydrogen-bond donors (Lipinski definition) is 2. The molecule has 18 heavy (non-hydrogen) atoms. The van der Waals surface area contributed by atoms with E-state index in [1.807, 2.05) is 12.1 Å². The highest BCUT2D eigenvalue weighted by molar-refractivity contribution is 7.80. The predicted octanol–water partition coefficient (Wildman–Crippen LogP) is 4.61. The maximum Gasteiger partial charge on any atom is 0.171 e. The molecule has 0 radical (unpaired) electrons. The Bertz CT molecular complexity index is 431. The molecule has 1 aliphatic carbocycles. The lowest BCUT2D eigenvalue weighted by Crippen LogP contribution is -2.38. The van der Waals surface area contributed by atoms with Crippen LogP contribution in [0.25, 0.3) is 0 Å². The van der Waals surface area contributed by atoms with E-state index in [1.165, 1.54) is 32.1 Å². The first kappa shape index (κ1) is 13.9. The minimum absolute atomic E-state index is 0.483. The molecule has 1 aliphatic rings. The largest absolute Gasteiger partial charge is 0.360 e. The SMILES string of the molecule is S=C(Nc1cccc(Cl)c1Cl)NC1CCCCC1. The van der Waals surface area contributed by atoms with Crippen molar-refractivity contribution >= 4 is 46.2 Å². The number of halogens is 2. The molecule has 0 spiro atoms. The lowest BCUT2D eigenvalue weighted by molar-refractivity contribution is 0.415. The van der Waals surface area contributed by atoms with Gasteiger partial charge < -0.3 is 10.6 Å². The highest BCUT2D eigenvalue weighted by Gasteiger charge is 2.14. The molecule has 0 bridgehead atoms. The molecule has 1 fully saturated rings. The Labute approximate surface area is 123 Å². The van der Waals surface area contributed by atoms with Crippen LogP contribution in [0.3, 0.4) is 0 Å². The fraction of sp³-hybridized carbons (Fsp3) is 0.462. The molecule has 0 amide bonds. The van der Waals surface area contributed by atoms with Crippen molar-refractivity contribution in [2.24, 2.45) is 0 Å². The first-order valence-corrected chi connectivity index (χ1v) is 7.35. The van der Waals surface area contributed by atoms with E-state index >= 15 is 0 Å². The van der Waals surface area contributed by atoms with Crippen LogP contribution in [0.5, 0.6) is 0 Å². The van der Waals surface area contributed by atoms with Gasteiger partial charge in [0.25, 0.3) is 0 Å². The van der Waals surface area contributed by atoms with Crippen molar-refractivity contribution in [2.75, 3.05) is 5.32 Å². The normalized spacial score (nSPS) is 16.3. The smallest absolute Gasteiger partial charge is 0.171 e. The molecule has 0 atom stereocenters. The second kappa shape index (κ2) is 6.60. The van der Waals surface area contributed by atoms with Gasteiger partial charge in [-0.05, 0) is 37.2 Å². The number of anilines is 1. The third-order valence-electron chi connectivity index (χ3n) is 3.14. The summed E-state index contributed by atoms with van der Waals surface area (Å²) in [5.74, 6) is 0. The average molecular weight is 303 g/mol. The zero-order valence-electron chi connectivity index (χ0n) is 10.0. The van der Waals surface area contributed by atoms with Gasteiger partial charge in [-0.2, -0.15) is 0 Å². The number of nitrogens with one attached hydrogen (secondary N) is 2. The van der Waals surface area contributed by atoms with Crippen molar-refractivity contribution in [3.63, 3.8) is 0 Å². The van der Waals surface area contributed by atoms with Gasteiger partial charge in [0.2, 0.25) is 0 Å². The molecule has 0 unspecified atom stereocenters.